The van der Waals surface area contributed by atoms with E-state index in [-0.39, 0.29) is 0 Å². The monoisotopic (exact) mass is 204 g/mol. The molecule has 0 bridgehead atoms. The first-order chi connectivity index (χ1) is 7.35. The molecule has 0 atom stereocenters. The van der Waals surface area contributed by atoms with Gasteiger partial charge in [0.25, 0.3) is 0 Å². The van der Waals surface area contributed by atoms with Crippen LogP contribution in [-0.2, 0) is 13.0 Å². The van der Waals surface area contributed by atoms with E-state index in [4.69, 9.17) is 0 Å². The summed E-state index contributed by atoms with van der Waals surface area (Å²) in [6.45, 7) is 8.92. The van der Waals surface area contributed by atoms with Gasteiger partial charge < -0.3 is 5.32 Å². The van der Waals surface area contributed by atoms with Crippen LogP contribution < -0.4 is 5.32 Å². The Morgan fingerprint density at radius 3 is 2.80 bits per heavy atom. The second-order valence-corrected chi connectivity index (χ2v) is 4.08. The predicted molar refractivity (Wildman–Crippen MR) is 65.3 cm³/mol. The standard InChI is InChI=1S/C13H20N2/c1-3-15(4-2)10-11-6-5-7-13-12(11)8-9-14-13/h5-7,14H,3-4,8-10H2,1-2H3. The maximum atomic E-state index is 3.43. The number of benzene rings is 1. The molecule has 0 radical (unpaired) electrons. The van der Waals surface area contributed by atoms with Crippen LogP contribution in [0.15, 0.2) is 18.2 Å². The molecule has 0 aliphatic carbocycles. The van der Waals surface area contributed by atoms with Crippen molar-refractivity contribution in [1.82, 2.24) is 4.90 Å². The van der Waals surface area contributed by atoms with Gasteiger partial charge in [0.05, 0.1) is 0 Å². The van der Waals surface area contributed by atoms with E-state index in [1.807, 2.05) is 0 Å². The summed E-state index contributed by atoms with van der Waals surface area (Å²) in [5, 5.41) is 3.43. The van der Waals surface area contributed by atoms with Crippen molar-refractivity contribution >= 4 is 5.69 Å². The number of nitrogens with zero attached hydrogens (tertiary/aromatic N) is 1. The van der Waals surface area contributed by atoms with Crippen molar-refractivity contribution in [2.75, 3.05) is 25.0 Å². The van der Waals surface area contributed by atoms with Crippen LogP contribution in [0.4, 0.5) is 5.69 Å². The van der Waals surface area contributed by atoms with Crippen molar-refractivity contribution in [3.8, 4) is 0 Å². The Labute approximate surface area is 92.3 Å². The quantitative estimate of drug-likeness (QED) is 0.810. The van der Waals surface area contributed by atoms with Gasteiger partial charge in [0.15, 0.2) is 0 Å². The third-order valence-electron chi connectivity index (χ3n) is 3.25. The molecular formula is C13H20N2. The molecule has 1 aromatic carbocycles. The van der Waals surface area contributed by atoms with Gasteiger partial charge in [-0.15, -0.1) is 0 Å². The Bertz CT molecular complexity index is 329. The van der Waals surface area contributed by atoms with Crippen LogP contribution in [0.5, 0.6) is 0 Å². The van der Waals surface area contributed by atoms with Crippen molar-refractivity contribution < 1.29 is 0 Å². The van der Waals surface area contributed by atoms with E-state index in [1.165, 1.54) is 23.2 Å². The zero-order valence-electron chi connectivity index (χ0n) is 9.71. The zero-order chi connectivity index (χ0) is 10.7. The summed E-state index contributed by atoms with van der Waals surface area (Å²) in [7, 11) is 0. The lowest BCUT2D eigenvalue weighted by atomic mass is 10.0. The molecule has 0 saturated carbocycles. The van der Waals surface area contributed by atoms with Crippen LogP contribution in [0.25, 0.3) is 0 Å². The normalized spacial score (nSPS) is 14.1. The van der Waals surface area contributed by atoms with E-state index in [9.17, 15) is 0 Å². The van der Waals surface area contributed by atoms with E-state index >= 15 is 0 Å². The van der Waals surface area contributed by atoms with Gasteiger partial charge in [-0.2, -0.15) is 0 Å². The van der Waals surface area contributed by atoms with Crippen LogP contribution in [0.2, 0.25) is 0 Å². The molecular weight excluding hydrogens is 184 g/mol. The zero-order valence-corrected chi connectivity index (χ0v) is 9.71. The number of nitrogens with one attached hydrogen (secondary N) is 1. The van der Waals surface area contributed by atoms with Crippen molar-refractivity contribution in [3.05, 3.63) is 29.3 Å². The summed E-state index contributed by atoms with van der Waals surface area (Å²) in [4.78, 5) is 2.47. The largest absolute Gasteiger partial charge is 0.384 e. The summed E-state index contributed by atoms with van der Waals surface area (Å²) >= 11 is 0. The Kier molecular flexibility index (Phi) is 3.27. The minimum absolute atomic E-state index is 1.10. The Morgan fingerprint density at radius 2 is 2.07 bits per heavy atom. The molecule has 0 unspecified atom stereocenters. The third-order valence-corrected chi connectivity index (χ3v) is 3.25. The first kappa shape index (κ1) is 10.5. The SMILES string of the molecule is CCN(CC)Cc1cccc2c1CCN2. The average Bonchev–Trinajstić information content (AvgIpc) is 2.74. The summed E-state index contributed by atoms with van der Waals surface area (Å²) in [5.74, 6) is 0. The van der Waals surface area contributed by atoms with E-state index in [1.54, 1.807) is 0 Å². The number of rotatable bonds is 4. The molecule has 0 amide bonds. The number of anilines is 1. The van der Waals surface area contributed by atoms with E-state index < -0.39 is 0 Å². The Balaban J connectivity index is 2.18. The fourth-order valence-electron chi connectivity index (χ4n) is 2.25. The number of hydrogen-bond acceptors (Lipinski definition) is 2. The van der Waals surface area contributed by atoms with E-state index in [0.29, 0.717) is 0 Å². The fourth-order valence-corrected chi connectivity index (χ4v) is 2.25. The highest BCUT2D eigenvalue weighted by atomic mass is 15.1. The summed E-state index contributed by atoms with van der Waals surface area (Å²) < 4.78 is 0. The second kappa shape index (κ2) is 4.67. The summed E-state index contributed by atoms with van der Waals surface area (Å²) in [6.07, 6.45) is 1.19. The maximum Gasteiger partial charge on any atom is 0.0376 e. The van der Waals surface area contributed by atoms with Crippen LogP contribution in [-0.4, -0.2) is 24.5 Å². The highest BCUT2D eigenvalue weighted by Crippen LogP contribution is 2.26. The lowest BCUT2D eigenvalue weighted by Gasteiger charge is -2.19. The van der Waals surface area contributed by atoms with Gasteiger partial charge in [-0.3, -0.25) is 4.90 Å². The molecule has 0 saturated heterocycles. The fraction of sp³-hybridized carbons (Fsp3) is 0.538. The van der Waals surface area contributed by atoms with E-state index in [2.05, 4.69) is 42.3 Å². The minimum Gasteiger partial charge on any atom is -0.384 e. The summed E-state index contributed by atoms with van der Waals surface area (Å²) in [5.41, 5.74) is 4.38. The van der Waals surface area contributed by atoms with Gasteiger partial charge in [-0.25, -0.2) is 0 Å². The maximum absolute atomic E-state index is 3.43. The molecule has 0 aromatic heterocycles. The number of fused-ring (bicyclic) bond motifs is 1. The first-order valence-corrected chi connectivity index (χ1v) is 5.92. The highest BCUT2D eigenvalue weighted by molar-refractivity contribution is 5.58. The molecule has 1 N–H and O–H groups in total. The molecule has 2 heteroatoms. The molecule has 0 spiro atoms. The minimum atomic E-state index is 1.10. The van der Waals surface area contributed by atoms with Gasteiger partial charge >= 0.3 is 0 Å². The molecule has 2 rings (SSSR count). The van der Waals surface area contributed by atoms with Gasteiger partial charge in [0, 0.05) is 18.8 Å². The van der Waals surface area contributed by atoms with Gasteiger partial charge in [-0.1, -0.05) is 26.0 Å². The van der Waals surface area contributed by atoms with Crippen molar-refractivity contribution in [1.29, 1.82) is 0 Å². The third kappa shape index (κ3) is 2.15. The predicted octanol–water partition coefficient (Wildman–Crippen LogP) is 2.50. The van der Waals surface area contributed by atoms with Gasteiger partial charge in [-0.05, 0) is 36.7 Å². The number of hydrogen-bond donors (Lipinski definition) is 1. The van der Waals surface area contributed by atoms with Crippen LogP contribution >= 0.6 is 0 Å². The van der Waals surface area contributed by atoms with Crippen molar-refractivity contribution in [2.45, 2.75) is 26.8 Å². The molecule has 2 nitrogen and oxygen atoms in total. The van der Waals surface area contributed by atoms with E-state index in [0.717, 1.165) is 26.2 Å². The van der Waals surface area contributed by atoms with Gasteiger partial charge in [0.1, 0.15) is 0 Å². The molecule has 82 valence electrons. The molecule has 1 aliphatic rings. The van der Waals surface area contributed by atoms with Crippen LogP contribution in [0.1, 0.15) is 25.0 Å². The highest BCUT2D eigenvalue weighted by Gasteiger charge is 2.14. The first-order valence-electron chi connectivity index (χ1n) is 5.92. The second-order valence-electron chi connectivity index (χ2n) is 4.08. The van der Waals surface area contributed by atoms with Gasteiger partial charge in [0.2, 0.25) is 0 Å². The molecule has 0 fully saturated rings. The van der Waals surface area contributed by atoms with Crippen LogP contribution in [0, 0.1) is 0 Å². The van der Waals surface area contributed by atoms with Crippen LogP contribution in [0.3, 0.4) is 0 Å². The average molecular weight is 204 g/mol. The lowest BCUT2D eigenvalue weighted by molar-refractivity contribution is 0.295. The Hall–Kier alpha value is -1.02. The Morgan fingerprint density at radius 1 is 1.27 bits per heavy atom. The topological polar surface area (TPSA) is 15.3 Å². The lowest BCUT2D eigenvalue weighted by Crippen LogP contribution is -2.22. The molecule has 15 heavy (non-hydrogen) atoms. The molecule has 1 heterocycles. The van der Waals surface area contributed by atoms with Crippen molar-refractivity contribution in [3.63, 3.8) is 0 Å². The molecule has 1 aromatic rings. The molecule has 1 aliphatic heterocycles. The van der Waals surface area contributed by atoms with Crippen molar-refractivity contribution in [2.24, 2.45) is 0 Å². The summed E-state index contributed by atoms with van der Waals surface area (Å²) in [6, 6.07) is 6.62. The smallest absolute Gasteiger partial charge is 0.0376 e.